The van der Waals surface area contributed by atoms with E-state index in [1.165, 1.54) is 18.3 Å². The molecule has 1 heterocycles. The van der Waals surface area contributed by atoms with Crippen molar-refractivity contribution in [3.8, 4) is 5.75 Å². The SMILES string of the molecule is COc1ccc(COn2cccc(C(=O)Nc3cc(F)ccc3F)c2=O)cc1. The van der Waals surface area contributed by atoms with E-state index in [2.05, 4.69) is 5.32 Å². The molecule has 0 atom stereocenters. The second-order valence-electron chi connectivity index (χ2n) is 5.75. The van der Waals surface area contributed by atoms with Gasteiger partial charge in [0, 0.05) is 12.3 Å². The molecule has 0 spiro atoms. The number of ether oxygens (including phenoxy) is 1. The number of pyridine rings is 1. The van der Waals surface area contributed by atoms with Crippen LogP contribution < -0.4 is 20.5 Å². The molecule has 144 valence electrons. The van der Waals surface area contributed by atoms with Gasteiger partial charge in [0.2, 0.25) is 0 Å². The third-order valence-corrected chi connectivity index (χ3v) is 3.87. The summed E-state index contributed by atoms with van der Waals surface area (Å²) >= 11 is 0. The van der Waals surface area contributed by atoms with Gasteiger partial charge in [0.05, 0.1) is 12.8 Å². The monoisotopic (exact) mass is 386 g/mol. The first-order valence-electron chi connectivity index (χ1n) is 8.22. The normalized spacial score (nSPS) is 10.4. The third kappa shape index (κ3) is 4.35. The number of nitrogens with zero attached hydrogens (tertiary/aromatic N) is 1. The first-order valence-corrected chi connectivity index (χ1v) is 8.22. The second-order valence-corrected chi connectivity index (χ2v) is 5.75. The summed E-state index contributed by atoms with van der Waals surface area (Å²) in [5.74, 6) is -1.73. The fraction of sp³-hybridized carbons (Fsp3) is 0.100. The standard InChI is InChI=1S/C20H16F2N2O4/c1-27-15-7-4-13(5-8-15)12-28-24-10-2-3-16(20(24)26)19(25)23-18-11-14(21)6-9-17(18)22/h2-11H,12H2,1H3,(H,23,25). The van der Waals surface area contributed by atoms with E-state index in [-0.39, 0.29) is 17.9 Å². The smallest absolute Gasteiger partial charge is 0.295 e. The van der Waals surface area contributed by atoms with Gasteiger partial charge in [0.1, 0.15) is 29.6 Å². The Hall–Kier alpha value is -3.68. The molecule has 0 radical (unpaired) electrons. The first kappa shape index (κ1) is 19.1. The first-order chi connectivity index (χ1) is 13.5. The molecule has 28 heavy (non-hydrogen) atoms. The zero-order valence-electron chi connectivity index (χ0n) is 14.8. The molecular weight excluding hydrogens is 370 g/mol. The average molecular weight is 386 g/mol. The largest absolute Gasteiger partial charge is 0.497 e. The summed E-state index contributed by atoms with van der Waals surface area (Å²) < 4.78 is 32.9. The van der Waals surface area contributed by atoms with Crippen molar-refractivity contribution < 1.29 is 23.1 Å². The number of anilines is 1. The van der Waals surface area contributed by atoms with Crippen LogP contribution in [0.5, 0.6) is 5.75 Å². The molecule has 0 saturated heterocycles. The van der Waals surface area contributed by atoms with Gasteiger partial charge >= 0.3 is 0 Å². The maximum absolute atomic E-state index is 13.7. The molecule has 0 fully saturated rings. The molecule has 1 amide bonds. The molecule has 0 unspecified atom stereocenters. The predicted octanol–water partition coefficient (Wildman–Crippen LogP) is 3.02. The zero-order valence-corrected chi connectivity index (χ0v) is 14.8. The van der Waals surface area contributed by atoms with E-state index in [9.17, 15) is 18.4 Å². The van der Waals surface area contributed by atoms with Gasteiger partial charge in [-0.15, -0.1) is 0 Å². The van der Waals surface area contributed by atoms with E-state index in [0.717, 1.165) is 28.5 Å². The van der Waals surface area contributed by atoms with Crippen LogP contribution in [-0.4, -0.2) is 17.7 Å². The quantitative estimate of drug-likeness (QED) is 0.707. The number of rotatable bonds is 6. The highest BCUT2D eigenvalue weighted by molar-refractivity contribution is 6.04. The molecule has 8 heteroatoms. The number of carbonyl (C=O) groups excluding carboxylic acids is 1. The lowest BCUT2D eigenvalue weighted by molar-refractivity contribution is 0.0863. The Morgan fingerprint density at radius 3 is 2.57 bits per heavy atom. The number of amides is 1. The van der Waals surface area contributed by atoms with Gasteiger partial charge in [-0.05, 0) is 42.0 Å². The highest BCUT2D eigenvalue weighted by Crippen LogP contribution is 2.16. The molecule has 2 aromatic carbocycles. The third-order valence-electron chi connectivity index (χ3n) is 3.87. The number of nitrogens with one attached hydrogen (secondary N) is 1. The van der Waals surface area contributed by atoms with Crippen molar-refractivity contribution in [2.24, 2.45) is 0 Å². The van der Waals surface area contributed by atoms with Crippen LogP contribution in [0.15, 0.2) is 65.6 Å². The Bertz CT molecular complexity index is 1050. The summed E-state index contributed by atoms with van der Waals surface area (Å²) in [6, 6.07) is 12.4. The second kappa shape index (κ2) is 8.34. The molecule has 3 aromatic rings. The van der Waals surface area contributed by atoms with Gasteiger partial charge < -0.3 is 14.9 Å². The van der Waals surface area contributed by atoms with Crippen molar-refractivity contribution in [2.45, 2.75) is 6.61 Å². The van der Waals surface area contributed by atoms with E-state index in [0.29, 0.717) is 5.75 Å². The number of hydrogen-bond acceptors (Lipinski definition) is 4. The van der Waals surface area contributed by atoms with Gasteiger partial charge in [-0.25, -0.2) is 8.78 Å². The lowest BCUT2D eigenvalue weighted by Gasteiger charge is -2.11. The Balaban J connectivity index is 1.75. The molecule has 1 N–H and O–H groups in total. The van der Waals surface area contributed by atoms with Crippen LogP contribution in [0.1, 0.15) is 15.9 Å². The molecule has 1 aromatic heterocycles. The fourth-order valence-electron chi connectivity index (χ4n) is 2.40. The number of aromatic nitrogens is 1. The summed E-state index contributed by atoms with van der Waals surface area (Å²) in [5.41, 5.74) is -0.588. The summed E-state index contributed by atoms with van der Waals surface area (Å²) in [6.07, 6.45) is 1.35. The lowest BCUT2D eigenvalue weighted by Crippen LogP contribution is -2.32. The number of benzene rings is 2. The van der Waals surface area contributed by atoms with E-state index in [1.54, 1.807) is 31.4 Å². The average Bonchev–Trinajstić information content (AvgIpc) is 2.70. The molecular formula is C20H16F2N2O4. The van der Waals surface area contributed by atoms with Crippen molar-refractivity contribution >= 4 is 11.6 Å². The van der Waals surface area contributed by atoms with Gasteiger partial charge in [-0.3, -0.25) is 9.59 Å². The van der Waals surface area contributed by atoms with Gasteiger partial charge in [-0.2, -0.15) is 4.73 Å². The van der Waals surface area contributed by atoms with Gasteiger partial charge in [-0.1, -0.05) is 12.1 Å². The van der Waals surface area contributed by atoms with Crippen LogP contribution in [0.4, 0.5) is 14.5 Å². The minimum absolute atomic E-state index is 0.0769. The molecule has 0 bridgehead atoms. The fourth-order valence-corrected chi connectivity index (χ4v) is 2.40. The van der Waals surface area contributed by atoms with Crippen LogP contribution in [0, 0.1) is 11.6 Å². The topological polar surface area (TPSA) is 69.6 Å². The van der Waals surface area contributed by atoms with Crippen molar-refractivity contribution in [3.05, 3.63) is 93.9 Å². The predicted molar refractivity (Wildman–Crippen MR) is 98.3 cm³/mol. The number of carbonyl (C=O) groups is 1. The van der Waals surface area contributed by atoms with Crippen molar-refractivity contribution in [2.75, 3.05) is 12.4 Å². The van der Waals surface area contributed by atoms with Gasteiger partial charge in [0.15, 0.2) is 0 Å². The van der Waals surface area contributed by atoms with Crippen LogP contribution in [0.2, 0.25) is 0 Å². The Morgan fingerprint density at radius 2 is 1.86 bits per heavy atom. The van der Waals surface area contributed by atoms with E-state index < -0.39 is 23.1 Å². The molecule has 3 rings (SSSR count). The summed E-state index contributed by atoms with van der Waals surface area (Å²) in [7, 11) is 1.55. The van der Waals surface area contributed by atoms with Crippen LogP contribution >= 0.6 is 0 Å². The molecule has 0 aliphatic heterocycles. The minimum atomic E-state index is -0.878. The molecule has 0 aliphatic carbocycles. The molecule has 6 nitrogen and oxygen atoms in total. The lowest BCUT2D eigenvalue weighted by atomic mass is 10.2. The Morgan fingerprint density at radius 1 is 1.11 bits per heavy atom. The number of hydrogen-bond donors (Lipinski definition) is 1. The Kier molecular flexibility index (Phi) is 5.69. The molecule has 0 aliphatic rings. The van der Waals surface area contributed by atoms with Crippen LogP contribution in [0.3, 0.4) is 0 Å². The highest BCUT2D eigenvalue weighted by atomic mass is 19.1. The van der Waals surface area contributed by atoms with Gasteiger partial charge in [0.25, 0.3) is 11.5 Å². The van der Waals surface area contributed by atoms with Crippen molar-refractivity contribution in [1.29, 1.82) is 0 Å². The minimum Gasteiger partial charge on any atom is -0.497 e. The Labute approximate surface area is 158 Å². The van der Waals surface area contributed by atoms with Crippen molar-refractivity contribution in [3.63, 3.8) is 0 Å². The van der Waals surface area contributed by atoms with E-state index in [4.69, 9.17) is 9.57 Å². The summed E-state index contributed by atoms with van der Waals surface area (Å²) in [4.78, 5) is 30.2. The number of halogens is 2. The molecule has 0 saturated carbocycles. The summed E-state index contributed by atoms with van der Waals surface area (Å²) in [5, 5.41) is 2.19. The number of methoxy groups -OCH3 is 1. The zero-order chi connectivity index (χ0) is 20.1. The maximum atomic E-state index is 13.7. The van der Waals surface area contributed by atoms with E-state index >= 15 is 0 Å². The van der Waals surface area contributed by atoms with E-state index in [1.807, 2.05) is 0 Å². The van der Waals surface area contributed by atoms with Crippen LogP contribution in [-0.2, 0) is 6.61 Å². The van der Waals surface area contributed by atoms with Crippen LogP contribution in [0.25, 0.3) is 0 Å². The highest BCUT2D eigenvalue weighted by Gasteiger charge is 2.15. The maximum Gasteiger partial charge on any atom is 0.295 e. The van der Waals surface area contributed by atoms with Crippen molar-refractivity contribution in [1.82, 2.24) is 4.73 Å². The summed E-state index contributed by atoms with van der Waals surface area (Å²) in [6.45, 7) is 0.0769.